The van der Waals surface area contributed by atoms with Crippen LogP contribution in [0.2, 0.25) is 0 Å². The minimum Gasteiger partial charge on any atom is -0.378 e. The van der Waals surface area contributed by atoms with E-state index in [0.717, 1.165) is 18.7 Å². The van der Waals surface area contributed by atoms with Gasteiger partial charge in [-0.15, -0.1) is 0 Å². The van der Waals surface area contributed by atoms with Crippen LogP contribution < -0.4 is 5.32 Å². The number of carbonyl (C=O) groups excluding carboxylic acids is 1. The molecule has 1 heterocycles. The van der Waals surface area contributed by atoms with Crippen molar-refractivity contribution < 1.29 is 9.53 Å². The molecular weight excluding hydrogens is 312 g/mol. The van der Waals surface area contributed by atoms with Crippen molar-refractivity contribution in [2.45, 2.75) is 25.4 Å². The summed E-state index contributed by atoms with van der Waals surface area (Å²) in [5, 5.41) is 3.34. The Hall–Kier alpha value is -2.17. The first-order valence-corrected chi connectivity index (χ1v) is 8.87. The lowest BCUT2D eigenvalue weighted by Gasteiger charge is -2.29. The van der Waals surface area contributed by atoms with E-state index in [1.165, 1.54) is 11.1 Å². The molecule has 3 rings (SSSR count). The normalized spacial score (nSPS) is 18.6. The Bertz CT molecular complexity index is 679. The number of benzene rings is 2. The maximum absolute atomic E-state index is 12.5. The molecule has 25 heavy (non-hydrogen) atoms. The molecule has 1 fully saturated rings. The van der Waals surface area contributed by atoms with E-state index < -0.39 is 0 Å². The van der Waals surface area contributed by atoms with E-state index in [0.29, 0.717) is 13.0 Å². The molecule has 4 heteroatoms. The summed E-state index contributed by atoms with van der Waals surface area (Å²) in [7, 11) is 1.88. The Kier molecular flexibility index (Phi) is 5.84. The van der Waals surface area contributed by atoms with Crippen molar-refractivity contribution in [1.82, 2.24) is 10.2 Å². The summed E-state index contributed by atoms with van der Waals surface area (Å²) in [4.78, 5) is 14.4. The molecule has 0 bridgehead atoms. The van der Waals surface area contributed by atoms with Crippen LogP contribution in [0.25, 0.3) is 11.1 Å². The smallest absolute Gasteiger partial charge is 0.224 e. The van der Waals surface area contributed by atoms with Crippen LogP contribution in [-0.2, 0) is 9.53 Å². The molecule has 0 aliphatic carbocycles. The lowest BCUT2D eigenvalue weighted by Crippen LogP contribution is -2.44. The molecular formula is C21H26N2O2. The van der Waals surface area contributed by atoms with Crippen molar-refractivity contribution in [1.29, 1.82) is 0 Å². The average Bonchev–Trinajstić information content (AvgIpc) is 2.68. The maximum Gasteiger partial charge on any atom is 0.224 e. The highest BCUT2D eigenvalue weighted by molar-refractivity contribution is 5.77. The van der Waals surface area contributed by atoms with Crippen molar-refractivity contribution in [2.24, 2.45) is 0 Å². The van der Waals surface area contributed by atoms with Gasteiger partial charge in [0.1, 0.15) is 0 Å². The van der Waals surface area contributed by atoms with Crippen molar-refractivity contribution in [3.05, 3.63) is 60.2 Å². The van der Waals surface area contributed by atoms with Gasteiger partial charge in [0, 0.05) is 26.1 Å². The second kappa shape index (κ2) is 8.28. The Morgan fingerprint density at radius 1 is 1.16 bits per heavy atom. The van der Waals surface area contributed by atoms with Crippen LogP contribution in [0, 0.1) is 0 Å². The Morgan fingerprint density at radius 2 is 1.84 bits per heavy atom. The van der Waals surface area contributed by atoms with Crippen LogP contribution in [0.15, 0.2) is 54.6 Å². The minimum atomic E-state index is 0.0434. The second-order valence-electron chi connectivity index (χ2n) is 6.60. The van der Waals surface area contributed by atoms with Crippen molar-refractivity contribution in [2.75, 3.05) is 26.8 Å². The maximum atomic E-state index is 12.5. The van der Waals surface area contributed by atoms with Crippen LogP contribution in [-0.4, -0.2) is 43.7 Å². The number of nitrogens with one attached hydrogen (secondary N) is 1. The molecule has 0 saturated carbocycles. The fourth-order valence-corrected chi connectivity index (χ4v) is 3.13. The number of hydrogen-bond donors (Lipinski definition) is 1. The molecule has 1 amide bonds. The molecule has 2 aromatic carbocycles. The summed E-state index contributed by atoms with van der Waals surface area (Å²) in [6, 6.07) is 18.9. The summed E-state index contributed by atoms with van der Waals surface area (Å²) in [5.41, 5.74) is 3.53. The fourth-order valence-electron chi connectivity index (χ4n) is 3.13. The predicted octanol–water partition coefficient (Wildman–Crippen LogP) is 3.25. The highest BCUT2D eigenvalue weighted by atomic mass is 16.5. The lowest BCUT2D eigenvalue weighted by molar-refractivity contribution is -0.133. The highest BCUT2D eigenvalue weighted by Crippen LogP contribution is 2.24. The zero-order chi connectivity index (χ0) is 17.6. The molecule has 0 aromatic heterocycles. The van der Waals surface area contributed by atoms with Crippen LogP contribution in [0.3, 0.4) is 0 Å². The van der Waals surface area contributed by atoms with Gasteiger partial charge in [-0.3, -0.25) is 4.79 Å². The molecule has 2 unspecified atom stereocenters. The third-order valence-corrected chi connectivity index (χ3v) is 4.89. The van der Waals surface area contributed by atoms with Crippen LogP contribution in [0.4, 0.5) is 0 Å². The molecule has 2 aromatic rings. The number of amides is 1. The average molecular weight is 338 g/mol. The van der Waals surface area contributed by atoms with Gasteiger partial charge in [-0.2, -0.15) is 0 Å². The number of carbonyl (C=O) groups is 1. The van der Waals surface area contributed by atoms with E-state index in [1.54, 1.807) is 0 Å². The zero-order valence-corrected chi connectivity index (χ0v) is 14.9. The van der Waals surface area contributed by atoms with Gasteiger partial charge >= 0.3 is 0 Å². The van der Waals surface area contributed by atoms with Gasteiger partial charge in [-0.05, 0) is 23.6 Å². The third kappa shape index (κ3) is 4.47. The predicted molar refractivity (Wildman–Crippen MR) is 100 cm³/mol. The molecule has 2 atom stereocenters. The fraction of sp³-hybridized carbons (Fsp3) is 0.381. The largest absolute Gasteiger partial charge is 0.378 e. The topological polar surface area (TPSA) is 41.6 Å². The SMILES string of the molecule is CC(c1ccc(-c2ccccc2)cc1)N(C)C(=O)CC1COCCN1. The Morgan fingerprint density at radius 3 is 2.48 bits per heavy atom. The van der Waals surface area contributed by atoms with E-state index in [-0.39, 0.29) is 18.0 Å². The van der Waals surface area contributed by atoms with Crippen molar-refractivity contribution in [3.63, 3.8) is 0 Å². The third-order valence-electron chi connectivity index (χ3n) is 4.89. The molecule has 1 aliphatic rings. The molecule has 1 aliphatic heterocycles. The zero-order valence-electron chi connectivity index (χ0n) is 14.9. The number of ether oxygens (including phenoxy) is 1. The number of hydrogen-bond acceptors (Lipinski definition) is 3. The monoisotopic (exact) mass is 338 g/mol. The molecule has 132 valence electrons. The van der Waals surface area contributed by atoms with E-state index in [1.807, 2.05) is 30.1 Å². The van der Waals surface area contributed by atoms with Gasteiger partial charge in [-0.1, -0.05) is 54.6 Å². The van der Waals surface area contributed by atoms with Gasteiger partial charge in [0.15, 0.2) is 0 Å². The van der Waals surface area contributed by atoms with Gasteiger partial charge < -0.3 is 15.0 Å². The summed E-state index contributed by atoms with van der Waals surface area (Å²) < 4.78 is 5.43. The van der Waals surface area contributed by atoms with E-state index in [2.05, 4.69) is 48.6 Å². The molecule has 0 spiro atoms. The number of nitrogens with zero attached hydrogens (tertiary/aromatic N) is 1. The molecule has 0 radical (unpaired) electrons. The van der Waals surface area contributed by atoms with Crippen LogP contribution >= 0.6 is 0 Å². The van der Waals surface area contributed by atoms with Crippen LogP contribution in [0.1, 0.15) is 24.9 Å². The standard InChI is InChI=1S/C21H26N2O2/c1-16(23(2)21(24)14-20-15-25-13-12-22-20)17-8-10-19(11-9-17)18-6-4-3-5-7-18/h3-11,16,20,22H,12-15H2,1-2H3. The number of morpholine rings is 1. The number of rotatable bonds is 5. The van der Waals surface area contributed by atoms with Gasteiger partial charge in [0.05, 0.1) is 19.3 Å². The summed E-state index contributed by atoms with van der Waals surface area (Å²) in [6.07, 6.45) is 0.475. The van der Waals surface area contributed by atoms with Gasteiger partial charge in [0.2, 0.25) is 5.91 Å². The van der Waals surface area contributed by atoms with Crippen LogP contribution in [0.5, 0.6) is 0 Å². The van der Waals surface area contributed by atoms with Crippen molar-refractivity contribution >= 4 is 5.91 Å². The minimum absolute atomic E-state index is 0.0434. The van der Waals surface area contributed by atoms with Crippen molar-refractivity contribution in [3.8, 4) is 11.1 Å². The van der Waals surface area contributed by atoms with E-state index in [9.17, 15) is 4.79 Å². The highest BCUT2D eigenvalue weighted by Gasteiger charge is 2.22. The Balaban J connectivity index is 1.63. The summed E-state index contributed by atoms with van der Waals surface area (Å²) in [5.74, 6) is 0.141. The second-order valence-corrected chi connectivity index (χ2v) is 6.60. The van der Waals surface area contributed by atoms with E-state index in [4.69, 9.17) is 4.74 Å². The van der Waals surface area contributed by atoms with Gasteiger partial charge in [-0.25, -0.2) is 0 Å². The van der Waals surface area contributed by atoms with E-state index >= 15 is 0 Å². The first-order valence-electron chi connectivity index (χ1n) is 8.87. The first kappa shape index (κ1) is 17.6. The molecule has 4 nitrogen and oxygen atoms in total. The molecule has 1 N–H and O–H groups in total. The lowest BCUT2D eigenvalue weighted by atomic mass is 10.0. The molecule has 1 saturated heterocycles. The summed E-state index contributed by atoms with van der Waals surface area (Å²) >= 11 is 0. The Labute approximate surface area is 149 Å². The summed E-state index contributed by atoms with van der Waals surface area (Å²) in [6.45, 7) is 4.23. The first-order chi connectivity index (χ1) is 12.1. The van der Waals surface area contributed by atoms with Gasteiger partial charge in [0.25, 0.3) is 0 Å². The quantitative estimate of drug-likeness (QED) is 0.910.